The fraction of sp³-hybridized carbons (Fsp3) is 0.400. The number of carbonyl (C=O) groups excluding carboxylic acids is 2. The smallest absolute Gasteiger partial charge is 0.410 e. The molecule has 8 heteroatoms. The van der Waals surface area contributed by atoms with Gasteiger partial charge in [-0.15, -0.1) is 0 Å². The van der Waals surface area contributed by atoms with E-state index in [9.17, 15) is 9.59 Å². The number of rotatable bonds is 2. The van der Waals surface area contributed by atoms with Gasteiger partial charge in [0.25, 0.3) is 0 Å². The summed E-state index contributed by atoms with van der Waals surface area (Å²) in [5.74, 6) is 0. The molecule has 1 saturated heterocycles. The zero-order valence-electron chi connectivity index (χ0n) is 16.2. The highest BCUT2D eigenvalue weighted by Gasteiger charge is 2.31. The Kier molecular flexibility index (Phi) is 4.41. The summed E-state index contributed by atoms with van der Waals surface area (Å²) in [6, 6.07) is 7.62. The van der Waals surface area contributed by atoms with Crippen molar-refractivity contribution >= 4 is 17.8 Å². The summed E-state index contributed by atoms with van der Waals surface area (Å²) in [6.07, 6.45) is 1.15. The van der Waals surface area contributed by atoms with Gasteiger partial charge in [0.15, 0.2) is 0 Å². The van der Waals surface area contributed by atoms with Gasteiger partial charge >= 0.3 is 12.1 Å². The SMILES string of the molecule is CC(C)(C)OC(=O)N1Cc2ncnc(-c3cccc(N4CCNC4=O)c3)c2C1. The second-order valence-electron chi connectivity index (χ2n) is 7.92. The number of nitrogens with zero attached hydrogens (tertiary/aromatic N) is 4. The molecule has 146 valence electrons. The molecule has 0 unspecified atom stereocenters. The molecule has 1 fully saturated rings. The van der Waals surface area contributed by atoms with Crippen LogP contribution in [-0.4, -0.2) is 45.7 Å². The van der Waals surface area contributed by atoms with Gasteiger partial charge in [0.1, 0.15) is 11.9 Å². The molecule has 3 heterocycles. The largest absolute Gasteiger partial charge is 0.444 e. The number of aromatic nitrogens is 2. The molecule has 3 amide bonds. The predicted molar refractivity (Wildman–Crippen MR) is 104 cm³/mol. The molecule has 1 N–H and O–H groups in total. The molecule has 8 nitrogen and oxygen atoms in total. The number of anilines is 1. The summed E-state index contributed by atoms with van der Waals surface area (Å²) in [4.78, 5) is 36.6. The second kappa shape index (κ2) is 6.78. The lowest BCUT2D eigenvalue weighted by Crippen LogP contribution is -2.33. The lowest BCUT2D eigenvalue weighted by Gasteiger charge is -2.24. The molecule has 0 aliphatic carbocycles. The topological polar surface area (TPSA) is 87.7 Å². The van der Waals surface area contributed by atoms with E-state index in [1.54, 1.807) is 9.80 Å². The van der Waals surface area contributed by atoms with E-state index in [0.29, 0.717) is 26.2 Å². The van der Waals surface area contributed by atoms with E-state index >= 15 is 0 Å². The maximum absolute atomic E-state index is 12.4. The average Bonchev–Trinajstić information content (AvgIpc) is 3.26. The number of fused-ring (bicyclic) bond motifs is 1. The minimum absolute atomic E-state index is 0.0961. The van der Waals surface area contributed by atoms with Gasteiger partial charge in [-0.3, -0.25) is 9.80 Å². The second-order valence-corrected chi connectivity index (χ2v) is 7.92. The zero-order chi connectivity index (χ0) is 19.9. The number of amides is 3. The van der Waals surface area contributed by atoms with E-state index in [4.69, 9.17) is 4.74 Å². The van der Waals surface area contributed by atoms with Crippen LogP contribution in [0.25, 0.3) is 11.3 Å². The normalized spacial score (nSPS) is 16.2. The Labute approximate surface area is 163 Å². The van der Waals surface area contributed by atoms with Gasteiger partial charge in [-0.1, -0.05) is 12.1 Å². The van der Waals surface area contributed by atoms with Crippen LogP contribution >= 0.6 is 0 Å². The maximum Gasteiger partial charge on any atom is 0.410 e. The molecule has 4 rings (SSSR count). The van der Waals surface area contributed by atoms with E-state index in [-0.39, 0.29) is 12.1 Å². The molecule has 0 spiro atoms. The molecule has 2 aromatic rings. The van der Waals surface area contributed by atoms with E-state index in [0.717, 1.165) is 28.2 Å². The first-order chi connectivity index (χ1) is 13.3. The van der Waals surface area contributed by atoms with Crippen molar-refractivity contribution in [1.29, 1.82) is 0 Å². The molecule has 0 radical (unpaired) electrons. The van der Waals surface area contributed by atoms with Gasteiger partial charge in [0.05, 0.1) is 24.5 Å². The predicted octanol–water partition coefficient (Wildman–Crippen LogP) is 2.92. The average molecular weight is 381 g/mol. The van der Waals surface area contributed by atoms with E-state index < -0.39 is 5.60 Å². The van der Waals surface area contributed by atoms with Crippen LogP contribution in [0.15, 0.2) is 30.6 Å². The molecule has 2 aliphatic rings. The van der Waals surface area contributed by atoms with Crippen molar-refractivity contribution in [3.05, 3.63) is 41.9 Å². The lowest BCUT2D eigenvalue weighted by atomic mass is 10.0. The summed E-state index contributed by atoms with van der Waals surface area (Å²) in [7, 11) is 0. The monoisotopic (exact) mass is 381 g/mol. The summed E-state index contributed by atoms with van der Waals surface area (Å²) in [5, 5.41) is 2.81. The molecule has 0 bridgehead atoms. The first kappa shape index (κ1) is 18.2. The molecule has 28 heavy (non-hydrogen) atoms. The standard InChI is InChI=1S/C20H23N5O3/c1-20(2,3)28-19(27)24-10-15-16(11-24)22-12-23-17(15)13-5-4-6-14(9-13)25-8-7-21-18(25)26/h4-6,9,12H,7-8,10-11H2,1-3H3,(H,21,26). The van der Waals surface area contributed by atoms with Gasteiger partial charge in [-0.2, -0.15) is 0 Å². The number of hydrogen-bond acceptors (Lipinski definition) is 5. The number of hydrogen-bond donors (Lipinski definition) is 1. The minimum atomic E-state index is -0.551. The van der Waals surface area contributed by atoms with Crippen LogP contribution in [0, 0.1) is 0 Å². The minimum Gasteiger partial charge on any atom is -0.444 e. The molecule has 1 aromatic carbocycles. The Morgan fingerprint density at radius 1 is 1.21 bits per heavy atom. The third-order valence-corrected chi connectivity index (χ3v) is 4.66. The van der Waals surface area contributed by atoms with Crippen LogP contribution in [0.3, 0.4) is 0 Å². The highest BCUT2D eigenvalue weighted by atomic mass is 16.6. The van der Waals surface area contributed by atoms with Gasteiger partial charge in [0, 0.05) is 29.9 Å². The summed E-state index contributed by atoms with van der Waals surface area (Å²) >= 11 is 0. The first-order valence-corrected chi connectivity index (χ1v) is 9.28. The number of benzene rings is 1. The van der Waals surface area contributed by atoms with Crippen LogP contribution in [0.1, 0.15) is 32.0 Å². The van der Waals surface area contributed by atoms with Crippen molar-refractivity contribution in [2.24, 2.45) is 0 Å². The molecule has 0 atom stereocenters. The lowest BCUT2D eigenvalue weighted by molar-refractivity contribution is 0.0241. The molecule has 1 aromatic heterocycles. The summed E-state index contributed by atoms with van der Waals surface area (Å²) < 4.78 is 5.48. The Balaban J connectivity index is 1.62. The van der Waals surface area contributed by atoms with Crippen LogP contribution in [0.5, 0.6) is 0 Å². The maximum atomic E-state index is 12.4. The Morgan fingerprint density at radius 2 is 2.04 bits per heavy atom. The third kappa shape index (κ3) is 3.49. The quantitative estimate of drug-likeness (QED) is 0.864. The zero-order valence-corrected chi connectivity index (χ0v) is 16.2. The van der Waals surface area contributed by atoms with Crippen LogP contribution < -0.4 is 10.2 Å². The van der Waals surface area contributed by atoms with Crippen molar-refractivity contribution in [3.63, 3.8) is 0 Å². The van der Waals surface area contributed by atoms with Gasteiger partial charge < -0.3 is 10.1 Å². The Hall–Kier alpha value is -3.16. The van der Waals surface area contributed by atoms with Crippen molar-refractivity contribution in [2.45, 2.75) is 39.5 Å². The van der Waals surface area contributed by atoms with Gasteiger partial charge in [-0.05, 0) is 32.9 Å². The van der Waals surface area contributed by atoms with E-state index in [1.165, 1.54) is 6.33 Å². The van der Waals surface area contributed by atoms with E-state index in [2.05, 4.69) is 15.3 Å². The molecular formula is C20H23N5O3. The highest BCUT2D eigenvalue weighted by Crippen LogP contribution is 2.32. The third-order valence-electron chi connectivity index (χ3n) is 4.66. The van der Waals surface area contributed by atoms with E-state index in [1.807, 2.05) is 45.0 Å². The van der Waals surface area contributed by atoms with Crippen molar-refractivity contribution in [2.75, 3.05) is 18.0 Å². The number of ether oxygens (including phenoxy) is 1. The number of urea groups is 1. The summed E-state index contributed by atoms with van der Waals surface area (Å²) in [6.45, 7) is 7.61. The molecule has 0 saturated carbocycles. The van der Waals surface area contributed by atoms with Crippen LogP contribution in [0.2, 0.25) is 0 Å². The van der Waals surface area contributed by atoms with Gasteiger partial charge in [0.2, 0.25) is 0 Å². The fourth-order valence-electron chi connectivity index (χ4n) is 3.42. The highest BCUT2D eigenvalue weighted by molar-refractivity contribution is 5.94. The number of nitrogens with one attached hydrogen (secondary N) is 1. The molecular weight excluding hydrogens is 358 g/mol. The van der Waals surface area contributed by atoms with Crippen LogP contribution in [-0.2, 0) is 17.8 Å². The Morgan fingerprint density at radius 3 is 2.75 bits per heavy atom. The van der Waals surface area contributed by atoms with Gasteiger partial charge in [-0.25, -0.2) is 19.6 Å². The fourth-order valence-corrected chi connectivity index (χ4v) is 3.42. The first-order valence-electron chi connectivity index (χ1n) is 9.28. The van der Waals surface area contributed by atoms with Crippen LogP contribution in [0.4, 0.5) is 15.3 Å². The van der Waals surface area contributed by atoms with Crippen molar-refractivity contribution in [1.82, 2.24) is 20.2 Å². The summed E-state index contributed by atoms with van der Waals surface area (Å²) in [5.41, 5.74) is 3.67. The Bertz CT molecular complexity index is 938. The van der Waals surface area contributed by atoms with Crippen molar-refractivity contribution in [3.8, 4) is 11.3 Å². The van der Waals surface area contributed by atoms with Crippen molar-refractivity contribution < 1.29 is 14.3 Å². The molecule has 2 aliphatic heterocycles. The number of carbonyl (C=O) groups is 2.